The van der Waals surface area contributed by atoms with E-state index in [-0.39, 0.29) is 0 Å². The minimum absolute atomic E-state index is 0.830. The zero-order valence-corrected chi connectivity index (χ0v) is 10.3. The van der Waals surface area contributed by atoms with Crippen LogP contribution in [0.1, 0.15) is 25.6 Å². The summed E-state index contributed by atoms with van der Waals surface area (Å²) in [6.07, 6.45) is 2.75. The Bertz CT molecular complexity index is 360. The van der Waals surface area contributed by atoms with Gasteiger partial charge < -0.3 is 10.2 Å². The van der Waals surface area contributed by atoms with E-state index in [0.29, 0.717) is 0 Å². The van der Waals surface area contributed by atoms with Crippen molar-refractivity contribution in [2.24, 2.45) is 5.92 Å². The molecule has 0 amide bonds. The average molecular weight is 220 g/mol. The summed E-state index contributed by atoms with van der Waals surface area (Å²) in [7, 11) is 1.89. The van der Waals surface area contributed by atoms with Gasteiger partial charge in [-0.1, -0.05) is 0 Å². The van der Waals surface area contributed by atoms with Crippen LogP contribution in [0.5, 0.6) is 0 Å². The lowest BCUT2D eigenvalue weighted by atomic mass is 10.3. The van der Waals surface area contributed by atoms with Crippen LogP contribution in [-0.4, -0.2) is 30.1 Å². The molecule has 1 aromatic rings. The van der Waals surface area contributed by atoms with Gasteiger partial charge in [0.25, 0.3) is 0 Å². The van der Waals surface area contributed by atoms with Crippen LogP contribution in [-0.2, 0) is 0 Å². The fourth-order valence-corrected chi connectivity index (χ4v) is 1.84. The lowest BCUT2D eigenvalue weighted by Crippen LogP contribution is -2.26. The zero-order valence-electron chi connectivity index (χ0n) is 10.3. The van der Waals surface area contributed by atoms with Crippen molar-refractivity contribution >= 4 is 11.6 Å². The Morgan fingerprint density at radius 3 is 2.75 bits per heavy atom. The van der Waals surface area contributed by atoms with Crippen LogP contribution in [0.4, 0.5) is 11.6 Å². The SMILES string of the molecule is CCN(CC1CC1)c1cc(NC)nc(C)n1. The second-order valence-corrected chi connectivity index (χ2v) is 4.39. The molecule has 1 fully saturated rings. The van der Waals surface area contributed by atoms with Crippen molar-refractivity contribution in [1.82, 2.24) is 9.97 Å². The molecule has 1 saturated carbocycles. The Hall–Kier alpha value is -1.32. The van der Waals surface area contributed by atoms with E-state index >= 15 is 0 Å². The smallest absolute Gasteiger partial charge is 0.134 e. The molecule has 0 aromatic carbocycles. The van der Waals surface area contributed by atoms with Gasteiger partial charge in [-0.25, -0.2) is 9.97 Å². The highest BCUT2D eigenvalue weighted by Gasteiger charge is 2.24. The van der Waals surface area contributed by atoms with Gasteiger partial charge in [-0.2, -0.15) is 0 Å². The monoisotopic (exact) mass is 220 g/mol. The first-order chi connectivity index (χ1) is 7.72. The first kappa shape index (κ1) is 11.2. The number of hydrogen-bond acceptors (Lipinski definition) is 4. The summed E-state index contributed by atoms with van der Waals surface area (Å²) >= 11 is 0. The van der Waals surface area contributed by atoms with Crippen LogP contribution in [0.3, 0.4) is 0 Å². The third kappa shape index (κ3) is 2.62. The molecule has 0 spiro atoms. The van der Waals surface area contributed by atoms with Gasteiger partial charge in [0.2, 0.25) is 0 Å². The van der Waals surface area contributed by atoms with Crippen molar-refractivity contribution in [3.05, 3.63) is 11.9 Å². The Balaban J connectivity index is 2.17. The van der Waals surface area contributed by atoms with Crippen molar-refractivity contribution in [1.29, 1.82) is 0 Å². The zero-order chi connectivity index (χ0) is 11.5. The maximum absolute atomic E-state index is 4.51. The molecule has 0 saturated heterocycles. The summed E-state index contributed by atoms with van der Waals surface area (Å²) < 4.78 is 0. The molecule has 0 bridgehead atoms. The van der Waals surface area contributed by atoms with E-state index in [1.165, 1.54) is 12.8 Å². The highest BCUT2D eigenvalue weighted by atomic mass is 15.2. The maximum atomic E-state index is 4.51. The van der Waals surface area contributed by atoms with Crippen LogP contribution in [0.15, 0.2) is 6.07 Å². The standard InChI is InChI=1S/C12H20N4/c1-4-16(8-10-5-6-10)12-7-11(13-3)14-9(2)15-12/h7,10H,4-6,8H2,1-3H3,(H,13,14,15). The van der Waals surface area contributed by atoms with Gasteiger partial charge in [-0.3, -0.25) is 0 Å². The molecule has 0 unspecified atom stereocenters. The minimum Gasteiger partial charge on any atom is -0.373 e. The second-order valence-electron chi connectivity index (χ2n) is 4.39. The molecule has 4 nitrogen and oxygen atoms in total. The first-order valence-corrected chi connectivity index (χ1v) is 6.01. The molecule has 0 atom stereocenters. The molecule has 1 heterocycles. The lowest BCUT2D eigenvalue weighted by molar-refractivity contribution is 0.728. The van der Waals surface area contributed by atoms with Gasteiger partial charge >= 0.3 is 0 Å². The number of rotatable bonds is 5. The second kappa shape index (κ2) is 4.68. The van der Waals surface area contributed by atoms with Crippen molar-refractivity contribution in [2.75, 3.05) is 30.4 Å². The molecule has 0 aliphatic heterocycles. The van der Waals surface area contributed by atoms with Gasteiger partial charge in [-0.15, -0.1) is 0 Å². The number of anilines is 2. The Morgan fingerprint density at radius 2 is 2.19 bits per heavy atom. The van der Waals surface area contributed by atoms with Gasteiger partial charge in [0.05, 0.1) is 0 Å². The molecular weight excluding hydrogens is 200 g/mol. The van der Waals surface area contributed by atoms with E-state index in [1.54, 1.807) is 0 Å². The highest BCUT2D eigenvalue weighted by Crippen LogP contribution is 2.31. The lowest BCUT2D eigenvalue weighted by Gasteiger charge is -2.22. The number of aromatic nitrogens is 2. The van der Waals surface area contributed by atoms with Crippen LogP contribution >= 0.6 is 0 Å². The summed E-state index contributed by atoms with van der Waals surface area (Å²) in [4.78, 5) is 11.2. The normalized spacial score (nSPS) is 14.9. The van der Waals surface area contributed by atoms with Crippen molar-refractivity contribution in [3.63, 3.8) is 0 Å². The van der Waals surface area contributed by atoms with E-state index in [4.69, 9.17) is 0 Å². The van der Waals surface area contributed by atoms with Crippen molar-refractivity contribution < 1.29 is 0 Å². The quantitative estimate of drug-likeness (QED) is 0.824. The molecule has 1 aliphatic carbocycles. The van der Waals surface area contributed by atoms with Gasteiger partial charge in [-0.05, 0) is 32.6 Å². The average Bonchev–Trinajstić information content (AvgIpc) is 3.08. The Kier molecular flexibility index (Phi) is 3.27. The third-order valence-electron chi connectivity index (χ3n) is 2.96. The molecule has 4 heteroatoms. The number of nitrogens with zero attached hydrogens (tertiary/aromatic N) is 3. The summed E-state index contributed by atoms with van der Waals surface area (Å²) in [6.45, 7) is 6.26. The van der Waals surface area contributed by atoms with E-state index in [1.807, 2.05) is 20.0 Å². The fraction of sp³-hybridized carbons (Fsp3) is 0.667. The van der Waals surface area contributed by atoms with E-state index in [9.17, 15) is 0 Å². The summed E-state index contributed by atoms with van der Waals surface area (Å²) in [5.74, 6) is 3.66. The van der Waals surface area contributed by atoms with Gasteiger partial charge in [0, 0.05) is 26.2 Å². The molecule has 0 radical (unpaired) electrons. The van der Waals surface area contributed by atoms with Gasteiger partial charge in [0.1, 0.15) is 17.5 Å². The third-order valence-corrected chi connectivity index (χ3v) is 2.96. The fourth-order valence-electron chi connectivity index (χ4n) is 1.84. The topological polar surface area (TPSA) is 41.0 Å². The largest absolute Gasteiger partial charge is 0.373 e. The maximum Gasteiger partial charge on any atom is 0.134 e. The number of nitrogens with one attached hydrogen (secondary N) is 1. The van der Waals surface area contributed by atoms with E-state index in [2.05, 4.69) is 27.1 Å². The van der Waals surface area contributed by atoms with Crippen LogP contribution in [0.2, 0.25) is 0 Å². The van der Waals surface area contributed by atoms with E-state index in [0.717, 1.165) is 36.5 Å². The molecule has 16 heavy (non-hydrogen) atoms. The van der Waals surface area contributed by atoms with Crippen molar-refractivity contribution in [2.45, 2.75) is 26.7 Å². The molecule has 1 aliphatic rings. The molecular formula is C12H20N4. The molecule has 1 aromatic heterocycles. The summed E-state index contributed by atoms with van der Waals surface area (Å²) in [5.41, 5.74) is 0. The van der Waals surface area contributed by atoms with Gasteiger partial charge in [0.15, 0.2) is 0 Å². The molecule has 2 rings (SSSR count). The molecule has 1 N–H and O–H groups in total. The van der Waals surface area contributed by atoms with E-state index < -0.39 is 0 Å². The van der Waals surface area contributed by atoms with Crippen LogP contribution in [0, 0.1) is 12.8 Å². The van der Waals surface area contributed by atoms with Crippen molar-refractivity contribution in [3.8, 4) is 0 Å². The molecule has 88 valence electrons. The number of aryl methyl sites for hydroxylation is 1. The predicted octanol–water partition coefficient (Wildman–Crippen LogP) is 2.06. The van der Waals surface area contributed by atoms with Crippen LogP contribution < -0.4 is 10.2 Å². The summed E-state index contributed by atoms with van der Waals surface area (Å²) in [6, 6.07) is 2.03. The highest BCUT2D eigenvalue weighted by molar-refractivity contribution is 5.49. The summed E-state index contributed by atoms with van der Waals surface area (Å²) in [5, 5.41) is 3.08. The Labute approximate surface area is 97.1 Å². The predicted molar refractivity (Wildman–Crippen MR) is 66.9 cm³/mol. The van der Waals surface area contributed by atoms with Crippen LogP contribution in [0.25, 0.3) is 0 Å². The number of hydrogen-bond donors (Lipinski definition) is 1. The first-order valence-electron chi connectivity index (χ1n) is 6.01. The minimum atomic E-state index is 0.830. The Morgan fingerprint density at radius 1 is 1.44 bits per heavy atom.